The zero-order valence-electron chi connectivity index (χ0n) is 17.5. The molecule has 9 nitrogen and oxygen atoms in total. The lowest BCUT2D eigenvalue weighted by Crippen LogP contribution is -2.35. The predicted octanol–water partition coefficient (Wildman–Crippen LogP) is 2.85. The standard InChI is InChI=1S/C22H25N7O2/c1-14-10-24-22(27-18-11-25-29(12-18)19-7-8-19)28-20(14)15-3-5-16(6-4-15)21(30)26-17(9-23)13-31-2/h3-6,10-12,17,19,21,26,30H,7-8,13H2,1-2H3,(H,24,27,28)/t17-,21?/m1/s1. The topological polar surface area (TPSA) is 121 Å². The van der Waals surface area contributed by atoms with Crippen molar-refractivity contribution in [3.05, 3.63) is 54.0 Å². The third kappa shape index (κ3) is 5.06. The molecular weight excluding hydrogens is 394 g/mol. The summed E-state index contributed by atoms with van der Waals surface area (Å²) in [7, 11) is 1.51. The van der Waals surface area contributed by atoms with E-state index in [2.05, 4.69) is 31.8 Å². The van der Waals surface area contributed by atoms with Crippen molar-refractivity contribution in [3.8, 4) is 17.3 Å². The molecule has 160 valence electrons. The highest BCUT2D eigenvalue weighted by molar-refractivity contribution is 5.65. The van der Waals surface area contributed by atoms with E-state index in [9.17, 15) is 5.11 Å². The Bertz CT molecular complexity index is 1070. The molecule has 1 saturated carbocycles. The van der Waals surface area contributed by atoms with E-state index in [0.717, 1.165) is 22.5 Å². The molecule has 9 heteroatoms. The zero-order valence-corrected chi connectivity index (χ0v) is 17.5. The van der Waals surface area contributed by atoms with E-state index in [1.54, 1.807) is 12.4 Å². The molecule has 0 radical (unpaired) electrons. The summed E-state index contributed by atoms with van der Waals surface area (Å²) in [5.41, 5.74) is 4.15. The number of nitrogens with one attached hydrogen (secondary N) is 2. The van der Waals surface area contributed by atoms with Crippen molar-refractivity contribution in [1.29, 1.82) is 5.26 Å². The molecule has 0 saturated heterocycles. The number of hydrogen-bond donors (Lipinski definition) is 3. The number of ether oxygens (including phenoxy) is 1. The first-order chi connectivity index (χ1) is 15.1. The second kappa shape index (κ2) is 9.22. The predicted molar refractivity (Wildman–Crippen MR) is 115 cm³/mol. The van der Waals surface area contributed by atoms with Crippen LogP contribution in [-0.4, -0.2) is 44.6 Å². The van der Waals surface area contributed by atoms with Crippen LogP contribution in [0.15, 0.2) is 42.9 Å². The average Bonchev–Trinajstić information content (AvgIpc) is 3.53. The van der Waals surface area contributed by atoms with Gasteiger partial charge in [0.25, 0.3) is 0 Å². The van der Waals surface area contributed by atoms with E-state index in [1.165, 1.54) is 20.0 Å². The van der Waals surface area contributed by atoms with Crippen molar-refractivity contribution < 1.29 is 9.84 Å². The smallest absolute Gasteiger partial charge is 0.227 e. The third-order valence-corrected chi connectivity index (χ3v) is 5.10. The van der Waals surface area contributed by atoms with E-state index in [-0.39, 0.29) is 6.61 Å². The highest BCUT2D eigenvalue weighted by Crippen LogP contribution is 2.34. The minimum Gasteiger partial charge on any atom is -0.382 e. The summed E-state index contributed by atoms with van der Waals surface area (Å²) in [6, 6.07) is 9.38. The van der Waals surface area contributed by atoms with Crippen LogP contribution in [0.4, 0.5) is 11.6 Å². The number of aliphatic hydroxyl groups is 1. The van der Waals surface area contributed by atoms with Crippen molar-refractivity contribution >= 4 is 11.6 Å². The number of aromatic nitrogens is 4. The van der Waals surface area contributed by atoms with Gasteiger partial charge in [-0.3, -0.25) is 10.00 Å². The molecule has 1 aliphatic carbocycles. The number of methoxy groups -OCH3 is 1. The van der Waals surface area contributed by atoms with Gasteiger partial charge in [0.1, 0.15) is 12.3 Å². The van der Waals surface area contributed by atoms with Crippen LogP contribution in [0.3, 0.4) is 0 Å². The Morgan fingerprint density at radius 1 is 1.29 bits per heavy atom. The maximum atomic E-state index is 10.4. The van der Waals surface area contributed by atoms with Crippen LogP contribution >= 0.6 is 0 Å². The first-order valence-electron chi connectivity index (χ1n) is 10.1. The van der Waals surface area contributed by atoms with Crippen molar-refractivity contribution in [2.45, 2.75) is 38.1 Å². The van der Waals surface area contributed by atoms with Gasteiger partial charge in [-0.15, -0.1) is 0 Å². The molecule has 1 aliphatic rings. The maximum Gasteiger partial charge on any atom is 0.227 e. The summed E-state index contributed by atoms with van der Waals surface area (Å²) in [4.78, 5) is 9.05. The van der Waals surface area contributed by atoms with Crippen molar-refractivity contribution in [3.63, 3.8) is 0 Å². The molecule has 0 spiro atoms. The molecule has 1 unspecified atom stereocenters. The molecule has 2 aromatic heterocycles. The molecule has 4 rings (SSSR count). The fourth-order valence-electron chi connectivity index (χ4n) is 3.26. The number of benzene rings is 1. The van der Waals surface area contributed by atoms with Gasteiger partial charge in [-0.1, -0.05) is 24.3 Å². The summed E-state index contributed by atoms with van der Waals surface area (Å²) in [5, 5.41) is 29.9. The summed E-state index contributed by atoms with van der Waals surface area (Å²) in [6.07, 6.45) is 6.92. The SMILES string of the molecule is COC[C@@H](C#N)NC(O)c1ccc(-c2nc(Nc3cnn(C4CC4)c3)ncc2C)cc1. The Morgan fingerprint density at radius 3 is 2.74 bits per heavy atom. The molecule has 1 fully saturated rings. The quantitative estimate of drug-likeness (QED) is 0.453. The van der Waals surface area contributed by atoms with Crippen LogP contribution in [0.2, 0.25) is 0 Å². The van der Waals surface area contributed by atoms with Gasteiger partial charge in [-0.25, -0.2) is 9.97 Å². The highest BCUT2D eigenvalue weighted by atomic mass is 16.5. The second-order valence-corrected chi connectivity index (χ2v) is 7.62. The number of aliphatic hydroxyl groups excluding tert-OH is 1. The van der Waals surface area contributed by atoms with Gasteiger partial charge in [0.2, 0.25) is 5.95 Å². The molecule has 1 aromatic carbocycles. The number of anilines is 2. The second-order valence-electron chi connectivity index (χ2n) is 7.62. The average molecular weight is 419 g/mol. The van der Waals surface area contributed by atoms with Gasteiger partial charge in [0, 0.05) is 25.1 Å². The van der Waals surface area contributed by atoms with Gasteiger partial charge in [-0.2, -0.15) is 10.4 Å². The lowest BCUT2D eigenvalue weighted by molar-refractivity contribution is 0.104. The van der Waals surface area contributed by atoms with Crippen molar-refractivity contribution in [1.82, 2.24) is 25.1 Å². The first kappa shape index (κ1) is 20.9. The number of aryl methyl sites for hydroxylation is 1. The van der Waals surface area contributed by atoms with E-state index in [1.807, 2.05) is 42.1 Å². The number of nitrogens with zero attached hydrogens (tertiary/aromatic N) is 5. The fourth-order valence-corrected chi connectivity index (χ4v) is 3.26. The lowest BCUT2D eigenvalue weighted by atomic mass is 10.0. The van der Waals surface area contributed by atoms with Crippen LogP contribution < -0.4 is 10.6 Å². The molecule has 0 amide bonds. The van der Waals surface area contributed by atoms with Gasteiger partial charge in [0.05, 0.1) is 36.3 Å². The lowest BCUT2D eigenvalue weighted by Gasteiger charge is -2.17. The van der Waals surface area contributed by atoms with Crippen molar-refractivity contribution in [2.24, 2.45) is 0 Å². The van der Waals surface area contributed by atoms with Gasteiger partial charge >= 0.3 is 0 Å². The Labute approximate surface area is 180 Å². The maximum absolute atomic E-state index is 10.4. The minimum atomic E-state index is -0.972. The molecule has 3 aromatic rings. The van der Waals surface area contributed by atoms with Crippen LogP contribution in [0.1, 0.15) is 36.2 Å². The fraction of sp³-hybridized carbons (Fsp3) is 0.364. The van der Waals surface area contributed by atoms with E-state index in [4.69, 9.17) is 10.00 Å². The first-order valence-corrected chi connectivity index (χ1v) is 10.1. The van der Waals surface area contributed by atoms with Crippen LogP contribution in [-0.2, 0) is 4.74 Å². The molecule has 31 heavy (non-hydrogen) atoms. The Balaban J connectivity index is 1.48. The number of hydrogen-bond acceptors (Lipinski definition) is 8. The highest BCUT2D eigenvalue weighted by Gasteiger charge is 2.24. The Morgan fingerprint density at radius 2 is 2.06 bits per heavy atom. The summed E-state index contributed by atoms with van der Waals surface area (Å²) < 4.78 is 6.94. The Hall–Kier alpha value is -3.32. The summed E-state index contributed by atoms with van der Waals surface area (Å²) >= 11 is 0. The molecule has 0 aliphatic heterocycles. The molecule has 2 atom stereocenters. The van der Waals surface area contributed by atoms with Crippen LogP contribution in [0.25, 0.3) is 11.3 Å². The van der Waals surface area contributed by atoms with Crippen molar-refractivity contribution in [2.75, 3.05) is 19.0 Å². The van der Waals surface area contributed by atoms with E-state index < -0.39 is 12.3 Å². The normalized spacial score (nSPS) is 15.3. The summed E-state index contributed by atoms with van der Waals surface area (Å²) in [5.74, 6) is 0.498. The van der Waals surface area contributed by atoms with Crippen LogP contribution in [0.5, 0.6) is 0 Å². The Kier molecular flexibility index (Phi) is 6.23. The zero-order chi connectivity index (χ0) is 21.8. The van der Waals surface area contributed by atoms with Gasteiger partial charge in [-0.05, 0) is 30.9 Å². The van der Waals surface area contributed by atoms with E-state index in [0.29, 0.717) is 17.6 Å². The summed E-state index contributed by atoms with van der Waals surface area (Å²) in [6.45, 7) is 2.15. The van der Waals surface area contributed by atoms with E-state index >= 15 is 0 Å². The largest absolute Gasteiger partial charge is 0.382 e. The number of nitriles is 1. The number of rotatable bonds is 9. The van der Waals surface area contributed by atoms with Gasteiger partial charge < -0.3 is 15.2 Å². The molecule has 2 heterocycles. The van der Waals surface area contributed by atoms with Gasteiger partial charge in [0.15, 0.2) is 0 Å². The third-order valence-electron chi connectivity index (χ3n) is 5.10. The molecule has 0 bridgehead atoms. The van der Waals surface area contributed by atoms with Crippen LogP contribution in [0, 0.1) is 18.3 Å². The monoisotopic (exact) mass is 419 g/mol. The molecular formula is C22H25N7O2. The minimum absolute atomic E-state index is 0.196. The molecule has 3 N–H and O–H groups in total.